The lowest BCUT2D eigenvalue weighted by molar-refractivity contribution is 1.28. The molecule has 0 radical (unpaired) electrons. The van der Waals surface area contributed by atoms with Crippen LogP contribution in [0.1, 0.15) is 0 Å². The first kappa shape index (κ1) is 33.6. The molecule has 260 valence electrons. The number of hydrogen-bond acceptors (Lipinski definition) is 1. The molecular weight excluding hydrogens is 663 g/mol. The van der Waals surface area contributed by atoms with E-state index in [4.69, 9.17) is 0 Å². The van der Waals surface area contributed by atoms with Gasteiger partial charge in [-0.15, -0.1) is 0 Å². The Morgan fingerprint density at radius 2 is 0.455 bits per heavy atom. The summed E-state index contributed by atoms with van der Waals surface area (Å²) in [4.78, 5) is 2.32. The molecule has 0 aromatic heterocycles. The average molecular weight is 702 g/mol. The Balaban J connectivity index is 1.02. The van der Waals surface area contributed by atoms with Crippen molar-refractivity contribution >= 4 is 17.1 Å². The van der Waals surface area contributed by atoms with E-state index in [2.05, 4.69) is 241 Å². The lowest BCUT2D eigenvalue weighted by Crippen LogP contribution is -2.09. The summed E-state index contributed by atoms with van der Waals surface area (Å²) in [6.45, 7) is 0. The monoisotopic (exact) mass is 701 g/mol. The Bertz CT molecular complexity index is 2610. The molecule has 9 rings (SSSR count). The minimum Gasteiger partial charge on any atom is -0.311 e. The first-order chi connectivity index (χ1) is 27.3. The molecule has 0 fully saturated rings. The fourth-order valence-corrected chi connectivity index (χ4v) is 7.42. The van der Waals surface area contributed by atoms with Crippen LogP contribution in [0, 0.1) is 0 Å². The van der Waals surface area contributed by atoms with Gasteiger partial charge in [-0.05, 0) is 109 Å². The van der Waals surface area contributed by atoms with Gasteiger partial charge in [-0.2, -0.15) is 0 Å². The zero-order chi connectivity index (χ0) is 36.8. The fourth-order valence-electron chi connectivity index (χ4n) is 7.42. The third kappa shape index (κ3) is 7.25. The SMILES string of the molecule is c1ccc(-c2ccc(-c3ccc(N(c4ccccc4)c4ccc(-c5ccc(-c6ccc(-c7ccccc7)cc6)c(-c6ccccc6)c5)cc4)cc3)cc2)cc1. The molecule has 0 amide bonds. The quantitative estimate of drug-likeness (QED) is 0.145. The van der Waals surface area contributed by atoms with Crippen molar-refractivity contribution < 1.29 is 0 Å². The highest BCUT2D eigenvalue weighted by Crippen LogP contribution is 2.39. The van der Waals surface area contributed by atoms with Gasteiger partial charge in [-0.25, -0.2) is 0 Å². The summed E-state index contributed by atoms with van der Waals surface area (Å²) in [5.41, 5.74) is 17.8. The standard InChI is InChI=1S/C54H39N/c1-5-13-40(14-6-1)42-21-23-44(24-22-42)45-29-34-51(35-30-45)55(50-19-11-4-12-20-50)52-36-31-46(32-37-52)49-33-38-53(54(39-49)47-17-9-3-10-18-47)48-27-25-43(26-28-48)41-15-7-2-8-16-41/h1-39H. The second kappa shape index (κ2) is 15.4. The van der Waals surface area contributed by atoms with E-state index in [1.807, 2.05) is 0 Å². The Morgan fingerprint density at radius 1 is 0.182 bits per heavy atom. The van der Waals surface area contributed by atoms with Crippen molar-refractivity contribution in [3.8, 4) is 66.8 Å². The molecule has 0 aliphatic rings. The molecule has 55 heavy (non-hydrogen) atoms. The zero-order valence-corrected chi connectivity index (χ0v) is 30.5. The molecule has 0 N–H and O–H groups in total. The van der Waals surface area contributed by atoms with Crippen molar-refractivity contribution in [3.05, 3.63) is 237 Å². The van der Waals surface area contributed by atoms with Gasteiger partial charge in [0.15, 0.2) is 0 Å². The summed E-state index contributed by atoms with van der Waals surface area (Å²) < 4.78 is 0. The van der Waals surface area contributed by atoms with E-state index >= 15 is 0 Å². The molecule has 0 aliphatic heterocycles. The highest BCUT2D eigenvalue weighted by atomic mass is 15.1. The molecule has 0 unspecified atom stereocenters. The zero-order valence-electron chi connectivity index (χ0n) is 30.5. The Labute approximate surface area is 324 Å². The van der Waals surface area contributed by atoms with Gasteiger partial charge in [0.2, 0.25) is 0 Å². The number of para-hydroxylation sites is 1. The Kier molecular flexibility index (Phi) is 9.41. The lowest BCUT2D eigenvalue weighted by Gasteiger charge is -2.26. The van der Waals surface area contributed by atoms with E-state index in [-0.39, 0.29) is 0 Å². The van der Waals surface area contributed by atoms with Crippen molar-refractivity contribution in [2.24, 2.45) is 0 Å². The summed E-state index contributed by atoms with van der Waals surface area (Å²) in [5.74, 6) is 0. The second-order valence-electron chi connectivity index (χ2n) is 13.8. The summed E-state index contributed by atoms with van der Waals surface area (Å²) in [6, 6.07) is 84.9. The van der Waals surface area contributed by atoms with Gasteiger partial charge >= 0.3 is 0 Å². The maximum atomic E-state index is 2.34. The summed E-state index contributed by atoms with van der Waals surface area (Å²) in [7, 11) is 0. The van der Waals surface area contributed by atoms with Crippen LogP contribution in [0.4, 0.5) is 17.1 Å². The molecule has 0 saturated carbocycles. The largest absolute Gasteiger partial charge is 0.311 e. The van der Waals surface area contributed by atoms with Crippen molar-refractivity contribution in [1.29, 1.82) is 0 Å². The van der Waals surface area contributed by atoms with E-state index in [0.29, 0.717) is 0 Å². The van der Waals surface area contributed by atoms with Crippen LogP contribution in [0.3, 0.4) is 0 Å². The first-order valence-corrected chi connectivity index (χ1v) is 18.8. The first-order valence-electron chi connectivity index (χ1n) is 18.8. The lowest BCUT2D eigenvalue weighted by atomic mass is 9.90. The van der Waals surface area contributed by atoms with Crippen LogP contribution in [0.2, 0.25) is 0 Å². The molecule has 0 spiro atoms. The van der Waals surface area contributed by atoms with Gasteiger partial charge in [0.05, 0.1) is 0 Å². The number of benzene rings is 9. The van der Waals surface area contributed by atoms with Gasteiger partial charge in [0, 0.05) is 17.1 Å². The van der Waals surface area contributed by atoms with E-state index in [1.165, 1.54) is 66.8 Å². The highest BCUT2D eigenvalue weighted by Gasteiger charge is 2.15. The van der Waals surface area contributed by atoms with Crippen LogP contribution in [0.5, 0.6) is 0 Å². The van der Waals surface area contributed by atoms with Crippen molar-refractivity contribution in [2.75, 3.05) is 4.90 Å². The predicted octanol–water partition coefficient (Wildman–Crippen LogP) is 15.2. The normalized spacial score (nSPS) is 10.9. The van der Waals surface area contributed by atoms with Crippen LogP contribution in [-0.4, -0.2) is 0 Å². The Hall–Kier alpha value is -7.22. The summed E-state index contributed by atoms with van der Waals surface area (Å²) in [6.07, 6.45) is 0. The molecule has 0 saturated heterocycles. The van der Waals surface area contributed by atoms with Crippen LogP contribution in [-0.2, 0) is 0 Å². The summed E-state index contributed by atoms with van der Waals surface area (Å²) >= 11 is 0. The highest BCUT2D eigenvalue weighted by molar-refractivity contribution is 5.88. The van der Waals surface area contributed by atoms with E-state index in [0.717, 1.165) is 17.1 Å². The molecule has 1 heteroatoms. The van der Waals surface area contributed by atoms with Crippen LogP contribution in [0.25, 0.3) is 66.8 Å². The van der Waals surface area contributed by atoms with Crippen LogP contribution >= 0.6 is 0 Å². The maximum Gasteiger partial charge on any atom is 0.0462 e. The third-order valence-corrected chi connectivity index (χ3v) is 10.3. The topological polar surface area (TPSA) is 3.24 Å². The van der Waals surface area contributed by atoms with Crippen molar-refractivity contribution in [3.63, 3.8) is 0 Å². The third-order valence-electron chi connectivity index (χ3n) is 10.3. The minimum absolute atomic E-state index is 1.10. The smallest absolute Gasteiger partial charge is 0.0462 e. The fraction of sp³-hybridized carbons (Fsp3) is 0. The summed E-state index contributed by atoms with van der Waals surface area (Å²) in [5, 5.41) is 0. The van der Waals surface area contributed by atoms with Gasteiger partial charge in [-0.3, -0.25) is 0 Å². The second-order valence-corrected chi connectivity index (χ2v) is 13.8. The van der Waals surface area contributed by atoms with Crippen LogP contribution in [0.15, 0.2) is 237 Å². The number of hydrogen-bond donors (Lipinski definition) is 0. The molecule has 1 nitrogen and oxygen atoms in total. The molecule has 0 heterocycles. The average Bonchev–Trinajstić information content (AvgIpc) is 3.28. The van der Waals surface area contributed by atoms with Gasteiger partial charge in [0.1, 0.15) is 0 Å². The van der Waals surface area contributed by atoms with Crippen molar-refractivity contribution in [2.45, 2.75) is 0 Å². The van der Waals surface area contributed by atoms with E-state index < -0.39 is 0 Å². The molecule has 0 bridgehead atoms. The minimum atomic E-state index is 1.10. The van der Waals surface area contributed by atoms with Gasteiger partial charge in [0.25, 0.3) is 0 Å². The van der Waals surface area contributed by atoms with E-state index in [1.54, 1.807) is 0 Å². The van der Waals surface area contributed by atoms with E-state index in [9.17, 15) is 0 Å². The van der Waals surface area contributed by atoms with Gasteiger partial charge in [-0.1, -0.05) is 194 Å². The van der Waals surface area contributed by atoms with Crippen LogP contribution < -0.4 is 4.90 Å². The molecule has 0 atom stereocenters. The molecule has 9 aromatic rings. The molecular formula is C54H39N. The molecule has 0 aliphatic carbocycles. The number of rotatable bonds is 9. The predicted molar refractivity (Wildman–Crippen MR) is 234 cm³/mol. The van der Waals surface area contributed by atoms with Gasteiger partial charge < -0.3 is 4.90 Å². The number of nitrogens with zero attached hydrogens (tertiary/aromatic N) is 1. The maximum absolute atomic E-state index is 2.34. The molecule has 9 aromatic carbocycles. The number of anilines is 3. The Morgan fingerprint density at radius 3 is 0.891 bits per heavy atom. The van der Waals surface area contributed by atoms with Crippen molar-refractivity contribution in [1.82, 2.24) is 0 Å².